The molecule has 0 spiro atoms. The molecule has 0 aromatic heterocycles. The molecule has 1 rings (SSSR count). The Labute approximate surface area is 46.9 Å². The topological polar surface area (TPSA) is 31.2 Å². The second kappa shape index (κ2) is 1.58. The zero-order valence-electron chi connectivity index (χ0n) is 3.68. The summed E-state index contributed by atoms with van der Waals surface area (Å²) in [5.74, 6) is -0.0648. The second-order valence-electron chi connectivity index (χ2n) is 1.40. The van der Waals surface area contributed by atoms with Crippen LogP contribution in [0.3, 0.4) is 0 Å². The Hall–Kier alpha value is -0.440. The van der Waals surface area contributed by atoms with E-state index in [1.54, 1.807) is 0 Å². The van der Waals surface area contributed by atoms with Crippen molar-refractivity contribution in [2.45, 2.75) is 12.8 Å². The summed E-state index contributed by atoms with van der Waals surface area (Å²) in [7, 11) is 0. The predicted octanol–water partition coefficient (Wildman–Crippen LogP) is 0.239. The minimum absolute atomic E-state index is 0.0648. The van der Waals surface area contributed by atoms with E-state index in [1.165, 1.54) is 0 Å². The van der Waals surface area contributed by atoms with Crippen molar-refractivity contribution in [3.05, 3.63) is 0 Å². The van der Waals surface area contributed by atoms with E-state index in [1.807, 2.05) is 0 Å². The Kier molecular flexibility index (Phi) is 1.06. The van der Waals surface area contributed by atoms with Crippen molar-refractivity contribution in [2.75, 3.05) is 0 Å². The summed E-state index contributed by atoms with van der Waals surface area (Å²) in [5.41, 5.74) is 0. The van der Waals surface area contributed by atoms with Crippen LogP contribution in [0.4, 0.5) is 0 Å². The van der Waals surface area contributed by atoms with Gasteiger partial charge in [-0.1, -0.05) is 12.2 Å². The highest BCUT2D eigenvalue weighted by atomic mass is 32.1. The lowest BCUT2D eigenvalue weighted by atomic mass is 10.4. The van der Waals surface area contributed by atoms with E-state index in [2.05, 4.69) is 17.5 Å². The van der Waals surface area contributed by atoms with E-state index in [-0.39, 0.29) is 5.91 Å². The summed E-state index contributed by atoms with van der Waals surface area (Å²) < 4.78 is 0. The van der Waals surface area contributed by atoms with Gasteiger partial charge in [-0.15, -0.1) is 0 Å². The van der Waals surface area contributed by atoms with Crippen LogP contribution in [0.1, 0.15) is 12.8 Å². The maximum Gasteiger partial charge on any atom is 0.247 e. The van der Waals surface area contributed by atoms with Crippen molar-refractivity contribution in [1.82, 2.24) is 5.32 Å². The monoisotopic (exact) mass is 114 g/mol. The maximum absolute atomic E-state index is 10.2. The molecule has 0 N–H and O–H groups in total. The molecule has 1 aliphatic heterocycles. The highest BCUT2D eigenvalue weighted by Crippen LogP contribution is 2.00. The average Bonchev–Trinajstić information content (AvgIpc) is 1.87. The van der Waals surface area contributed by atoms with E-state index in [4.69, 9.17) is 0 Å². The molecule has 37 valence electrons. The number of nitrogens with zero attached hydrogens (tertiary/aromatic N) is 1. The molecule has 0 aromatic rings. The van der Waals surface area contributed by atoms with Gasteiger partial charge in [0.15, 0.2) is 0 Å². The van der Waals surface area contributed by atoms with Crippen molar-refractivity contribution < 1.29 is 4.79 Å². The Morgan fingerprint density at radius 2 is 2.29 bits per heavy atom. The van der Waals surface area contributed by atoms with Crippen molar-refractivity contribution in [1.29, 1.82) is 0 Å². The zero-order chi connectivity index (χ0) is 5.28. The third-order valence-corrected chi connectivity index (χ3v) is 1.10. The first-order valence-corrected chi connectivity index (χ1v) is 2.47. The number of carbonyl (C=O) groups excluding carboxylic acids is 1. The van der Waals surface area contributed by atoms with Crippen LogP contribution in [-0.2, 0) is 4.79 Å². The SMILES string of the molecule is O=C1CCC(=S)[N]1. The molecule has 1 fully saturated rings. The molecule has 1 radical (unpaired) electrons. The quantitative estimate of drug-likeness (QED) is 0.422. The Bertz CT molecular complexity index is 107. The number of thiocarbonyl (C=S) groups is 1. The molecule has 0 bridgehead atoms. The number of hydrogen-bond donors (Lipinski definition) is 0. The van der Waals surface area contributed by atoms with Crippen LogP contribution in [-0.4, -0.2) is 10.9 Å². The van der Waals surface area contributed by atoms with Gasteiger partial charge in [-0.05, 0) is 0 Å². The lowest BCUT2D eigenvalue weighted by molar-refractivity contribution is -0.118. The predicted molar refractivity (Wildman–Crippen MR) is 29.0 cm³/mol. The molecule has 0 atom stereocenters. The average molecular weight is 114 g/mol. The first-order chi connectivity index (χ1) is 3.29. The fourth-order valence-corrected chi connectivity index (χ4v) is 0.669. The van der Waals surface area contributed by atoms with Crippen molar-refractivity contribution >= 4 is 23.1 Å². The van der Waals surface area contributed by atoms with Crippen LogP contribution in [0.15, 0.2) is 0 Å². The Morgan fingerprint density at radius 1 is 1.57 bits per heavy atom. The van der Waals surface area contributed by atoms with Crippen molar-refractivity contribution in [2.24, 2.45) is 0 Å². The summed E-state index contributed by atoms with van der Waals surface area (Å²) in [6.07, 6.45) is 1.22. The van der Waals surface area contributed by atoms with Gasteiger partial charge in [0, 0.05) is 12.8 Å². The summed E-state index contributed by atoms with van der Waals surface area (Å²) in [6, 6.07) is 0. The van der Waals surface area contributed by atoms with Crippen LogP contribution >= 0.6 is 12.2 Å². The van der Waals surface area contributed by atoms with Gasteiger partial charge < -0.3 is 0 Å². The molecule has 0 aromatic carbocycles. The minimum atomic E-state index is -0.0648. The Balaban J connectivity index is 2.55. The third kappa shape index (κ3) is 0.962. The van der Waals surface area contributed by atoms with E-state index in [9.17, 15) is 4.79 Å². The third-order valence-electron chi connectivity index (χ3n) is 0.802. The lowest BCUT2D eigenvalue weighted by Crippen LogP contribution is -2.07. The summed E-state index contributed by atoms with van der Waals surface area (Å²) >= 11 is 4.61. The fraction of sp³-hybridized carbons (Fsp3) is 0.500. The van der Waals surface area contributed by atoms with Gasteiger partial charge in [0.1, 0.15) is 4.99 Å². The normalized spacial score (nSPS) is 20.0. The maximum atomic E-state index is 10.2. The zero-order valence-corrected chi connectivity index (χ0v) is 4.49. The second-order valence-corrected chi connectivity index (χ2v) is 1.87. The molecular formula is C4H4NOS. The lowest BCUT2D eigenvalue weighted by Gasteiger charge is -1.77. The van der Waals surface area contributed by atoms with Gasteiger partial charge in [0.25, 0.3) is 0 Å². The van der Waals surface area contributed by atoms with Crippen molar-refractivity contribution in [3.8, 4) is 0 Å². The van der Waals surface area contributed by atoms with Gasteiger partial charge in [-0.3, -0.25) is 4.79 Å². The summed E-state index contributed by atoms with van der Waals surface area (Å²) in [6.45, 7) is 0. The number of amides is 1. The molecule has 0 unspecified atom stereocenters. The fourth-order valence-electron chi connectivity index (χ4n) is 0.465. The first kappa shape index (κ1) is 4.71. The van der Waals surface area contributed by atoms with Crippen LogP contribution in [0.5, 0.6) is 0 Å². The number of rotatable bonds is 0. The van der Waals surface area contributed by atoms with Gasteiger partial charge in [-0.25, -0.2) is 5.32 Å². The number of carbonyl (C=O) groups is 1. The molecule has 1 heterocycles. The smallest absolute Gasteiger partial charge is 0.247 e. The largest absolute Gasteiger partial charge is 0.273 e. The summed E-state index contributed by atoms with van der Waals surface area (Å²) in [5, 5.41) is 3.48. The standard InChI is InChI=1S/C4H4NOS/c6-3-1-2-4(7)5-3/h1-2H2. The van der Waals surface area contributed by atoms with Gasteiger partial charge >= 0.3 is 0 Å². The van der Waals surface area contributed by atoms with Gasteiger partial charge in [0.2, 0.25) is 5.91 Å². The van der Waals surface area contributed by atoms with Gasteiger partial charge in [-0.2, -0.15) is 0 Å². The Morgan fingerprint density at radius 3 is 2.43 bits per heavy atom. The van der Waals surface area contributed by atoms with E-state index in [0.29, 0.717) is 17.8 Å². The van der Waals surface area contributed by atoms with Crippen LogP contribution in [0, 0.1) is 0 Å². The highest BCUT2D eigenvalue weighted by molar-refractivity contribution is 7.80. The van der Waals surface area contributed by atoms with Crippen LogP contribution in [0.25, 0.3) is 0 Å². The molecule has 7 heavy (non-hydrogen) atoms. The molecule has 1 saturated heterocycles. The van der Waals surface area contributed by atoms with Crippen LogP contribution < -0.4 is 5.32 Å². The first-order valence-electron chi connectivity index (χ1n) is 2.06. The highest BCUT2D eigenvalue weighted by Gasteiger charge is 2.14. The number of hydrogen-bond acceptors (Lipinski definition) is 2. The van der Waals surface area contributed by atoms with Crippen LogP contribution in [0.2, 0.25) is 0 Å². The molecule has 0 saturated carbocycles. The molecule has 3 heteroatoms. The van der Waals surface area contributed by atoms with E-state index >= 15 is 0 Å². The minimum Gasteiger partial charge on any atom is -0.273 e. The van der Waals surface area contributed by atoms with Gasteiger partial charge in [0.05, 0.1) is 0 Å². The van der Waals surface area contributed by atoms with Crippen molar-refractivity contribution in [3.63, 3.8) is 0 Å². The molecule has 1 amide bonds. The molecule has 2 nitrogen and oxygen atoms in total. The van der Waals surface area contributed by atoms with E-state index < -0.39 is 0 Å². The van der Waals surface area contributed by atoms with E-state index in [0.717, 1.165) is 0 Å². The summed E-state index contributed by atoms with van der Waals surface area (Å²) in [4.78, 5) is 10.8. The molecule has 0 aliphatic carbocycles. The molecular weight excluding hydrogens is 110 g/mol. The molecule has 1 aliphatic rings.